The molecule has 0 saturated heterocycles. The van der Waals surface area contributed by atoms with E-state index in [4.69, 9.17) is 28.9 Å². The quantitative estimate of drug-likeness (QED) is 0.768. The van der Waals surface area contributed by atoms with E-state index in [0.717, 1.165) is 0 Å². The molecule has 3 N–H and O–H groups in total. The van der Waals surface area contributed by atoms with Crippen LogP contribution in [0.5, 0.6) is 0 Å². The molecule has 0 aliphatic heterocycles. The predicted molar refractivity (Wildman–Crippen MR) is 55.8 cm³/mol. The number of amides is 2. The molecule has 2 amide bonds. The second-order valence-electron chi connectivity index (χ2n) is 2.65. The molecule has 1 aromatic rings. The van der Waals surface area contributed by atoms with Gasteiger partial charge in [-0.25, -0.2) is 4.98 Å². The molecule has 0 spiro atoms. The van der Waals surface area contributed by atoms with Crippen molar-refractivity contribution in [2.75, 3.05) is 6.54 Å². The van der Waals surface area contributed by atoms with Crippen LogP contribution in [-0.4, -0.2) is 23.3 Å². The molecule has 0 unspecified atom stereocenters. The number of hydrogen-bond acceptors (Lipinski definition) is 3. The van der Waals surface area contributed by atoms with Gasteiger partial charge in [0.1, 0.15) is 10.3 Å². The van der Waals surface area contributed by atoms with E-state index in [-0.39, 0.29) is 22.4 Å². The summed E-state index contributed by atoms with van der Waals surface area (Å²) in [6.07, 6.45) is 0. The van der Waals surface area contributed by atoms with Crippen molar-refractivity contribution in [2.45, 2.75) is 0 Å². The van der Waals surface area contributed by atoms with E-state index in [1.54, 1.807) is 0 Å². The number of aromatic nitrogens is 1. The summed E-state index contributed by atoms with van der Waals surface area (Å²) >= 11 is 11.2. The average molecular weight is 248 g/mol. The summed E-state index contributed by atoms with van der Waals surface area (Å²) in [7, 11) is 0. The Morgan fingerprint density at radius 2 is 1.87 bits per heavy atom. The highest BCUT2D eigenvalue weighted by molar-refractivity contribution is 6.33. The second-order valence-corrected chi connectivity index (χ2v) is 3.42. The van der Waals surface area contributed by atoms with Crippen LogP contribution in [0.3, 0.4) is 0 Å². The van der Waals surface area contributed by atoms with Gasteiger partial charge in [-0.1, -0.05) is 23.2 Å². The van der Waals surface area contributed by atoms with Crippen molar-refractivity contribution < 1.29 is 9.59 Å². The van der Waals surface area contributed by atoms with Gasteiger partial charge in [-0.15, -0.1) is 0 Å². The van der Waals surface area contributed by atoms with Crippen LogP contribution >= 0.6 is 23.2 Å². The molecule has 0 fully saturated rings. The number of pyridine rings is 1. The molecule has 0 radical (unpaired) electrons. The van der Waals surface area contributed by atoms with Crippen molar-refractivity contribution in [2.24, 2.45) is 5.73 Å². The van der Waals surface area contributed by atoms with Crippen molar-refractivity contribution in [1.82, 2.24) is 10.3 Å². The van der Waals surface area contributed by atoms with Gasteiger partial charge in [-0.2, -0.15) is 0 Å². The second kappa shape index (κ2) is 4.95. The van der Waals surface area contributed by atoms with E-state index < -0.39 is 11.8 Å². The van der Waals surface area contributed by atoms with Gasteiger partial charge in [0.15, 0.2) is 0 Å². The first-order valence-corrected chi connectivity index (χ1v) is 4.64. The molecule has 0 saturated carbocycles. The molecule has 1 heterocycles. The molecule has 0 aromatic carbocycles. The normalized spacial score (nSPS) is 9.73. The molecular formula is C8H7Cl2N3O2. The van der Waals surface area contributed by atoms with E-state index >= 15 is 0 Å². The Morgan fingerprint density at radius 3 is 2.33 bits per heavy atom. The van der Waals surface area contributed by atoms with E-state index in [2.05, 4.69) is 10.3 Å². The molecule has 7 heteroatoms. The molecule has 1 aromatic heterocycles. The van der Waals surface area contributed by atoms with Gasteiger partial charge in [0.25, 0.3) is 5.91 Å². The number of hydrogen-bond donors (Lipinski definition) is 2. The lowest BCUT2D eigenvalue weighted by molar-refractivity contribution is -0.117. The number of nitrogens with zero attached hydrogens (tertiary/aromatic N) is 1. The van der Waals surface area contributed by atoms with E-state index in [1.807, 2.05) is 0 Å². The minimum atomic E-state index is -0.630. The van der Waals surface area contributed by atoms with E-state index in [9.17, 15) is 9.59 Å². The molecular weight excluding hydrogens is 241 g/mol. The Kier molecular flexibility index (Phi) is 3.88. The van der Waals surface area contributed by atoms with Crippen LogP contribution in [0.1, 0.15) is 10.4 Å². The first kappa shape index (κ1) is 11.7. The maximum atomic E-state index is 11.4. The van der Waals surface area contributed by atoms with Crippen LogP contribution in [0.25, 0.3) is 0 Å². The number of nitrogens with two attached hydrogens (primary N) is 1. The standard InChI is InChI=1S/C8H7Cl2N3O2/c9-5-1-4(2-6(10)13-5)8(15)12-3-7(11)14/h1-2H,3H2,(H2,11,14)(H,12,15). The Balaban J connectivity index is 2.77. The van der Waals surface area contributed by atoms with Crippen molar-refractivity contribution in [3.05, 3.63) is 28.0 Å². The molecule has 80 valence electrons. The van der Waals surface area contributed by atoms with Gasteiger partial charge in [-0.05, 0) is 12.1 Å². The molecule has 0 atom stereocenters. The van der Waals surface area contributed by atoms with Crippen LogP contribution in [0.2, 0.25) is 10.3 Å². The monoisotopic (exact) mass is 247 g/mol. The lowest BCUT2D eigenvalue weighted by Gasteiger charge is -2.03. The largest absolute Gasteiger partial charge is 0.368 e. The van der Waals surface area contributed by atoms with E-state index in [0.29, 0.717) is 0 Å². The minimum absolute atomic E-state index is 0.103. The molecule has 1 rings (SSSR count). The fraction of sp³-hybridized carbons (Fsp3) is 0.125. The fourth-order valence-electron chi connectivity index (χ4n) is 0.865. The highest BCUT2D eigenvalue weighted by atomic mass is 35.5. The highest BCUT2D eigenvalue weighted by Crippen LogP contribution is 2.14. The first-order valence-electron chi connectivity index (χ1n) is 3.88. The van der Waals surface area contributed by atoms with Crippen LogP contribution < -0.4 is 11.1 Å². The summed E-state index contributed by atoms with van der Waals surface area (Å²) in [5.41, 5.74) is 5.08. The maximum absolute atomic E-state index is 11.4. The lowest BCUT2D eigenvalue weighted by Crippen LogP contribution is -2.33. The van der Waals surface area contributed by atoms with Crippen molar-refractivity contribution in [3.8, 4) is 0 Å². The number of primary amides is 1. The summed E-state index contributed by atoms with van der Waals surface area (Å²) in [6.45, 7) is -0.240. The number of halogens is 2. The first-order chi connectivity index (χ1) is 6.99. The predicted octanol–water partition coefficient (Wildman–Crippen LogP) is 0.603. The van der Waals surface area contributed by atoms with Crippen LogP contribution in [-0.2, 0) is 4.79 Å². The SMILES string of the molecule is NC(=O)CNC(=O)c1cc(Cl)nc(Cl)c1. The number of carbonyl (C=O) groups is 2. The lowest BCUT2D eigenvalue weighted by atomic mass is 10.2. The number of carbonyl (C=O) groups excluding carboxylic acids is 2. The third kappa shape index (κ3) is 3.73. The Morgan fingerprint density at radius 1 is 1.33 bits per heavy atom. The molecule has 5 nitrogen and oxygen atoms in total. The summed E-state index contributed by atoms with van der Waals surface area (Å²) in [5.74, 6) is -1.12. The summed E-state index contributed by atoms with van der Waals surface area (Å²) < 4.78 is 0. The Labute approximate surface area is 95.6 Å². The molecule has 0 bridgehead atoms. The van der Waals surface area contributed by atoms with Gasteiger partial charge >= 0.3 is 0 Å². The molecule has 0 aliphatic rings. The molecule has 15 heavy (non-hydrogen) atoms. The van der Waals surface area contributed by atoms with E-state index in [1.165, 1.54) is 12.1 Å². The highest BCUT2D eigenvalue weighted by Gasteiger charge is 2.08. The maximum Gasteiger partial charge on any atom is 0.251 e. The average Bonchev–Trinajstić information content (AvgIpc) is 2.12. The van der Waals surface area contributed by atoms with Crippen LogP contribution in [0, 0.1) is 0 Å². The Hall–Kier alpha value is -1.33. The zero-order valence-electron chi connectivity index (χ0n) is 7.46. The smallest absolute Gasteiger partial charge is 0.251 e. The van der Waals surface area contributed by atoms with Crippen molar-refractivity contribution in [1.29, 1.82) is 0 Å². The number of nitrogens with one attached hydrogen (secondary N) is 1. The van der Waals surface area contributed by atoms with Crippen LogP contribution in [0.4, 0.5) is 0 Å². The third-order valence-electron chi connectivity index (χ3n) is 1.45. The fourth-order valence-corrected chi connectivity index (χ4v) is 1.33. The summed E-state index contributed by atoms with van der Waals surface area (Å²) in [4.78, 5) is 25.5. The summed E-state index contributed by atoms with van der Waals surface area (Å²) in [5, 5.41) is 2.50. The zero-order chi connectivity index (χ0) is 11.4. The summed E-state index contributed by atoms with van der Waals surface area (Å²) in [6, 6.07) is 2.67. The Bertz CT molecular complexity index is 389. The van der Waals surface area contributed by atoms with Gasteiger partial charge in [-0.3, -0.25) is 9.59 Å². The molecule has 0 aliphatic carbocycles. The number of rotatable bonds is 3. The van der Waals surface area contributed by atoms with Gasteiger partial charge in [0.2, 0.25) is 5.91 Å². The van der Waals surface area contributed by atoms with Gasteiger partial charge in [0, 0.05) is 5.56 Å². The minimum Gasteiger partial charge on any atom is -0.368 e. The van der Waals surface area contributed by atoms with Gasteiger partial charge in [0.05, 0.1) is 6.54 Å². The van der Waals surface area contributed by atoms with Gasteiger partial charge < -0.3 is 11.1 Å². The topological polar surface area (TPSA) is 85.1 Å². The third-order valence-corrected chi connectivity index (χ3v) is 1.84. The zero-order valence-corrected chi connectivity index (χ0v) is 8.97. The van der Waals surface area contributed by atoms with Crippen molar-refractivity contribution in [3.63, 3.8) is 0 Å². The van der Waals surface area contributed by atoms with Crippen molar-refractivity contribution >= 4 is 35.0 Å². The van der Waals surface area contributed by atoms with Crippen LogP contribution in [0.15, 0.2) is 12.1 Å².